The molecule has 0 aliphatic heterocycles. The van der Waals surface area contributed by atoms with Crippen molar-refractivity contribution in [2.24, 2.45) is 0 Å². The highest BCUT2D eigenvalue weighted by atomic mass is 32.1. The van der Waals surface area contributed by atoms with Crippen LogP contribution in [0.3, 0.4) is 0 Å². The van der Waals surface area contributed by atoms with Gasteiger partial charge in [0.15, 0.2) is 0 Å². The first-order valence-corrected chi connectivity index (χ1v) is 6.74. The van der Waals surface area contributed by atoms with E-state index in [1.165, 1.54) is 15.6 Å². The number of hydrogen-bond acceptors (Lipinski definition) is 4. The minimum atomic E-state index is 0.988. The van der Waals surface area contributed by atoms with Crippen LogP contribution >= 0.6 is 22.7 Å². The van der Waals surface area contributed by atoms with Gasteiger partial charge in [0.2, 0.25) is 0 Å². The Kier molecular flexibility index (Phi) is 3.88. The van der Waals surface area contributed by atoms with E-state index in [4.69, 9.17) is 0 Å². The van der Waals surface area contributed by atoms with E-state index in [0.29, 0.717) is 0 Å². The standard InChI is InChI=1S/C11H14N2S2/c1-12-5-4-9-8-15-11(13-9)7-10-3-2-6-14-10/h2-3,6,8,12H,4-5,7H2,1H3. The molecule has 2 nitrogen and oxygen atoms in total. The quantitative estimate of drug-likeness (QED) is 0.866. The number of nitrogens with one attached hydrogen (secondary N) is 1. The Bertz CT molecular complexity index is 392. The van der Waals surface area contributed by atoms with Crippen LogP contribution in [-0.2, 0) is 12.8 Å². The summed E-state index contributed by atoms with van der Waals surface area (Å²) < 4.78 is 0. The number of thiazole rings is 1. The summed E-state index contributed by atoms with van der Waals surface area (Å²) in [5.41, 5.74) is 1.21. The van der Waals surface area contributed by atoms with Crippen molar-refractivity contribution in [3.05, 3.63) is 38.5 Å². The third-order valence-electron chi connectivity index (χ3n) is 2.14. The van der Waals surface area contributed by atoms with Gasteiger partial charge < -0.3 is 5.32 Å². The van der Waals surface area contributed by atoms with Crippen molar-refractivity contribution in [1.82, 2.24) is 10.3 Å². The highest BCUT2D eigenvalue weighted by Crippen LogP contribution is 2.18. The molecular weight excluding hydrogens is 224 g/mol. The number of rotatable bonds is 5. The molecule has 2 rings (SSSR count). The van der Waals surface area contributed by atoms with Gasteiger partial charge in [0.1, 0.15) is 0 Å². The average molecular weight is 238 g/mol. The molecule has 2 aromatic rings. The molecule has 0 saturated carbocycles. The van der Waals surface area contributed by atoms with Crippen LogP contribution in [0, 0.1) is 0 Å². The van der Waals surface area contributed by atoms with Crippen LogP contribution in [0.1, 0.15) is 15.6 Å². The first-order valence-electron chi connectivity index (χ1n) is 4.99. The molecule has 15 heavy (non-hydrogen) atoms. The Morgan fingerprint density at radius 1 is 1.40 bits per heavy atom. The molecule has 0 aromatic carbocycles. The molecule has 2 heterocycles. The van der Waals surface area contributed by atoms with E-state index in [1.54, 1.807) is 22.7 Å². The van der Waals surface area contributed by atoms with E-state index in [-0.39, 0.29) is 0 Å². The predicted molar refractivity (Wildman–Crippen MR) is 66.9 cm³/mol. The van der Waals surface area contributed by atoms with Gasteiger partial charge in [0.25, 0.3) is 0 Å². The van der Waals surface area contributed by atoms with Crippen LogP contribution in [0.15, 0.2) is 22.9 Å². The summed E-state index contributed by atoms with van der Waals surface area (Å²) in [4.78, 5) is 6.00. The Morgan fingerprint density at radius 2 is 2.33 bits per heavy atom. The van der Waals surface area contributed by atoms with Crippen molar-refractivity contribution < 1.29 is 0 Å². The summed E-state index contributed by atoms with van der Waals surface area (Å²) in [5.74, 6) is 0. The maximum absolute atomic E-state index is 4.61. The van der Waals surface area contributed by atoms with Crippen LogP contribution in [0.2, 0.25) is 0 Å². The van der Waals surface area contributed by atoms with Gasteiger partial charge in [0.05, 0.1) is 10.7 Å². The van der Waals surface area contributed by atoms with Crippen LogP contribution in [0.5, 0.6) is 0 Å². The molecule has 0 atom stereocenters. The van der Waals surface area contributed by atoms with Crippen molar-refractivity contribution in [3.63, 3.8) is 0 Å². The monoisotopic (exact) mass is 238 g/mol. The lowest BCUT2D eigenvalue weighted by atomic mass is 10.3. The zero-order chi connectivity index (χ0) is 10.5. The van der Waals surface area contributed by atoms with E-state index in [2.05, 4.69) is 33.2 Å². The third kappa shape index (κ3) is 3.12. The summed E-state index contributed by atoms with van der Waals surface area (Å²) in [6, 6.07) is 4.26. The fraction of sp³-hybridized carbons (Fsp3) is 0.364. The number of nitrogens with zero attached hydrogens (tertiary/aromatic N) is 1. The van der Waals surface area contributed by atoms with Crippen LogP contribution in [0.4, 0.5) is 0 Å². The minimum Gasteiger partial charge on any atom is -0.319 e. The molecule has 4 heteroatoms. The molecule has 1 N–H and O–H groups in total. The number of likely N-dealkylation sites (N-methyl/N-ethyl adjacent to an activating group) is 1. The molecule has 0 amide bonds. The molecule has 80 valence electrons. The molecule has 2 aromatic heterocycles. The third-order valence-corrected chi connectivity index (χ3v) is 3.91. The molecule has 0 radical (unpaired) electrons. The van der Waals surface area contributed by atoms with E-state index in [0.717, 1.165) is 19.4 Å². The van der Waals surface area contributed by atoms with Gasteiger partial charge in [0, 0.05) is 29.6 Å². The Balaban J connectivity index is 1.95. The largest absolute Gasteiger partial charge is 0.319 e. The minimum absolute atomic E-state index is 0.988. The maximum Gasteiger partial charge on any atom is 0.0980 e. The maximum atomic E-state index is 4.61. The predicted octanol–water partition coefficient (Wildman–Crippen LogP) is 2.56. The number of hydrogen-bond donors (Lipinski definition) is 1. The van der Waals surface area contributed by atoms with Crippen LogP contribution < -0.4 is 5.32 Å². The van der Waals surface area contributed by atoms with E-state index in [9.17, 15) is 0 Å². The molecule has 0 saturated heterocycles. The molecule has 0 bridgehead atoms. The lowest BCUT2D eigenvalue weighted by molar-refractivity contribution is 0.778. The lowest BCUT2D eigenvalue weighted by Crippen LogP contribution is -2.10. The first kappa shape index (κ1) is 10.8. The molecule has 0 spiro atoms. The van der Waals surface area contributed by atoms with Gasteiger partial charge in [-0.15, -0.1) is 22.7 Å². The smallest absolute Gasteiger partial charge is 0.0980 e. The SMILES string of the molecule is CNCCc1csc(Cc2cccs2)n1. The van der Waals surface area contributed by atoms with Crippen molar-refractivity contribution >= 4 is 22.7 Å². The lowest BCUT2D eigenvalue weighted by Gasteiger charge is -1.94. The molecule has 0 aliphatic carbocycles. The highest BCUT2D eigenvalue weighted by molar-refractivity contribution is 7.11. The molecule has 0 unspecified atom stereocenters. The normalized spacial score (nSPS) is 10.7. The summed E-state index contributed by atoms with van der Waals surface area (Å²) in [6.07, 6.45) is 2.01. The second-order valence-electron chi connectivity index (χ2n) is 3.34. The summed E-state index contributed by atoms with van der Waals surface area (Å²) in [7, 11) is 1.97. The second-order valence-corrected chi connectivity index (χ2v) is 5.32. The van der Waals surface area contributed by atoms with E-state index in [1.807, 2.05) is 7.05 Å². The van der Waals surface area contributed by atoms with Crippen LogP contribution in [0.25, 0.3) is 0 Å². The average Bonchev–Trinajstić information content (AvgIpc) is 2.87. The van der Waals surface area contributed by atoms with Crippen molar-refractivity contribution in [2.75, 3.05) is 13.6 Å². The fourth-order valence-corrected chi connectivity index (χ4v) is 3.01. The zero-order valence-electron chi connectivity index (χ0n) is 8.69. The van der Waals surface area contributed by atoms with Gasteiger partial charge in [-0.05, 0) is 18.5 Å². The molecule has 0 aliphatic rings. The van der Waals surface area contributed by atoms with Gasteiger partial charge in [-0.2, -0.15) is 0 Å². The van der Waals surface area contributed by atoms with Crippen molar-refractivity contribution in [2.45, 2.75) is 12.8 Å². The summed E-state index contributed by atoms with van der Waals surface area (Å²) in [6.45, 7) is 1.00. The van der Waals surface area contributed by atoms with Crippen molar-refractivity contribution in [3.8, 4) is 0 Å². The topological polar surface area (TPSA) is 24.9 Å². The Morgan fingerprint density at radius 3 is 3.07 bits per heavy atom. The Labute approximate surface area is 98.0 Å². The fourth-order valence-electron chi connectivity index (χ4n) is 1.36. The summed E-state index contributed by atoms with van der Waals surface area (Å²) in [5, 5.41) is 8.65. The Hall–Kier alpha value is -0.710. The first-order chi connectivity index (χ1) is 7.38. The molecular formula is C11H14N2S2. The summed E-state index contributed by atoms with van der Waals surface area (Å²) >= 11 is 3.57. The number of thiophene rings is 1. The zero-order valence-corrected chi connectivity index (χ0v) is 10.3. The van der Waals surface area contributed by atoms with E-state index < -0.39 is 0 Å². The van der Waals surface area contributed by atoms with Gasteiger partial charge in [-0.25, -0.2) is 4.98 Å². The van der Waals surface area contributed by atoms with E-state index >= 15 is 0 Å². The van der Waals surface area contributed by atoms with Crippen LogP contribution in [-0.4, -0.2) is 18.6 Å². The van der Waals surface area contributed by atoms with Gasteiger partial charge in [-0.1, -0.05) is 6.07 Å². The number of aromatic nitrogens is 1. The van der Waals surface area contributed by atoms with Gasteiger partial charge >= 0.3 is 0 Å². The van der Waals surface area contributed by atoms with Gasteiger partial charge in [-0.3, -0.25) is 0 Å². The second kappa shape index (κ2) is 5.39. The van der Waals surface area contributed by atoms with Crippen molar-refractivity contribution in [1.29, 1.82) is 0 Å². The highest BCUT2D eigenvalue weighted by Gasteiger charge is 2.03. The molecule has 0 fully saturated rings.